The van der Waals surface area contributed by atoms with Crippen LogP contribution in [0, 0.1) is 10.1 Å². The first kappa shape index (κ1) is 21.2. The Morgan fingerprint density at radius 1 is 1.12 bits per heavy atom. The predicted molar refractivity (Wildman–Crippen MR) is 116 cm³/mol. The SMILES string of the molecule is O=[N+]([O-])c1cc(C(F)(F)F)ccc1NN=Cc1cn(-c2ccccc2)nc1-c1cccs1. The number of nitrogens with zero attached hydrogens (tertiary/aromatic N) is 4. The minimum atomic E-state index is -4.69. The Labute approximate surface area is 183 Å². The lowest BCUT2D eigenvalue weighted by atomic mass is 10.1. The molecule has 0 bridgehead atoms. The van der Waals surface area contributed by atoms with E-state index in [2.05, 4.69) is 15.6 Å². The first-order chi connectivity index (χ1) is 15.3. The van der Waals surface area contributed by atoms with Crippen molar-refractivity contribution in [3.8, 4) is 16.3 Å². The zero-order valence-corrected chi connectivity index (χ0v) is 17.0. The number of hydrogen-bond donors (Lipinski definition) is 1. The van der Waals surface area contributed by atoms with Crippen molar-refractivity contribution in [3.05, 3.63) is 93.5 Å². The normalized spacial score (nSPS) is 11.7. The molecule has 2 aromatic carbocycles. The van der Waals surface area contributed by atoms with Crippen molar-refractivity contribution in [1.82, 2.24) is 9.78 Å². The summed E-state index contributed by atoms with van der Waals surface area (Å²) in [6.45, 7) is 0. The third kappa shape index (κ3) is 4.52. The minimum absolute atomic E-state index is 0.160. The monoisotopic (exact) mass is 457 g/mol. The maximum atomic E-state index is 12.9. The van der Waals surface area contributed by atoms with E-state index in [4.69, 9.17) is 0 Å². The van der Waals surface area contributed by atoms with Gasteiger partial charge in [0.05, 0.1) is 27.3 Å². The quantitative estimate of drug-likeness (QED) is 0.219. The van der Waals surface area contributed by atoms with Crippen molar-refractivity contribution in [2.24, 2.45) is 5.10 Å². The zero-order chi connectivity index (χ0) is 22.7. The maximum Gasteiger partial charge on any atom is 0.416 e. The maximum absolute atomic E-state index is 12.9. The highest BCUT2D eigenvalue weighted by atomic mass is 32.1. The smallest absolute Gasteiger partial charge is 0.272 e. The van der Waals surface area contributed by atoms with E-state index >= 15 is 0 Å². The Balaban J connectivity index is 1.65. The fourth-order valence-corrected chi connectivity index (χ4v) is 3.66. The number of thiophene rings is 1. The van der Waals surface area contributed by atoms with Crippen molar-refractivity contribution >= 4 is 28.9 Å². The summed E-state index contributed by atoms with van der Waals surface area (Å²) in [5.74, 6) is 0. The number of benzene rings is 2. The number of nitro benzene ring substituents is 1. The average molecular weight is 457 g/mol. The largest absolute Gasteiger partial charge is 0.416 e. The Morgan fingerprint density at radius 3 is 2.56 bits per heavy atom. The number of anilines is 1. The molecule has 162 valence electrons. The van der Waals surface area contributed by atoms with Gasteiger partial charge < -0.3 is 0 Å². The van der Waals surface area contributed by atoms with Crippen LogP contribution in [0.25, 0.3) is 16.3 Å². The van der Waals surface area contributed by atoms with Crippen LogP contribution >= 0.6 is 11.3 Å². The van der Waals surface area contributed by atoms with Gasteiger partial charge in [-0.2, -0.15) is 23.4 Å². The van der Waals surface area contributed by atoms with Crippen LogP contribution in [0.5, 0.6) is 0 Å². The minimum Gasteiger partial charge on any atom is -0.272 e. The number of halogens is 3. The summed E-state index contributed by atoms with van der Waals surface area (Å²) in [4.78, 5) is 11.2. The molecule has 0 amide bonds. The molecule has 4 aromatic rings. The van der Waals surface area contributed by atoms with Gasteiger partial charge in [0.2, 0.25) is 0 Å². The summed E-state index contributed by atoms with van der Waals surface area (Å²) in [6.07, 6.45) is -1.52. The summed E-state index contributed by atoms with van der Waals surface area (Å²) in [7, 11) is 0. The number of rotatable bonds is 6. The van der Waals surface area contributed by atoms with Crippen LogP contribution in [-0.2, 0) is 6.18 Å². The van der Waals surface area contributed by atoms with Gasteiger partial charge in [-0.05, 0) is 35.7 Å². The second-order valence-corrected chi connectivity index (χ2v) is 7.49. The fraction of sp³-hybridized carbons (Fsp3) is 0.0476. The molecule has 0 aliphatic heterocycles. The Morgan fingerprint density at radius 2 is 1.91 bits per heavy atom. The molecular formula is C21H14F3N5O2S. The summed E-state index contributed by atoms with van der Waals surface area (Å²) < 4.78 is 40.3. The van der Waals surface area contributed by atoms with Gasteiger partial charge in [-0.25, -0.2) is 4.68 Å². The van der Waals surface area contributed by atoms with E-state index in [0.717, 1.165) is 22.7 Å². The lowest BCUT2D eigenvalue weighted by molar-refractivity contribution is -0.384. The van der Waals surface area contributed by atoms with E-state index in [1.54, 1.807) is 10.9 Å². The Kier molecular flexibility index (Phi) is 5.73. The molecule has 4 rings (SSSR count). The molecule has 0 spiro atoms. The van der Waals surface area contributed by atoms with Crippen molar-refractivity contribution in [2.45, 2.75) is 6.18 Å². The van der Waals surface area contributed by atoms with E-state index in [1.807, 2.05) is 47.8 Å². The van der Waals surface area contributed by atoms with Gasteiger partial charge in [0.1, 0.15) is 11.4 Å². The molecule has 7 nitrogen and oxygen atoms in total. The standard InChI is InChI=1S/C21H14F3N5O2S/c22-21(23,24)15-8-9-17(18(11-15)29(30)31)26-25-12-14-13-28(16-5-2-1-3-6-16)27-20(14)19-7-4-10-32-19/h1-13,26H. The van der Waals surface area contributed by atoms with E-state index < -0.39 is 22.4 Å². The average Bonchev–Trinajstić information content (AvgIpc) is 3.43. The van der Waals surface area contributed by atoms with Crippen molar-refractivity contribution < 1.29 is 18.1 Å². The molecule has 11 heteroatoms. The van der Waals surface area contributed by atoms with E-state index in [1.165, 1.54) is 17.6 Å². The second-order valence-electron chi connectivity index (χ2n) is 6.55. The third-order valence-electron chi connectivity index (χ3n) is 4.43. The predicted octanol–water partition coefficient (Wildman–Crippen LogP) is 5.97. The molecule has 2 aromatic heterocycles. The number of nitro groups is 1. The zero-order valence-electron chi connectivity index (χ0n) is 16.2. The summed E-state index contributed by atoms with van der Waals surface area (Å²) in [6, 6.07) is 15.4. The highest BCUT2D eigenvalue weighted by molar-refractivity contribution is 7.13. The molecule has 0 radical (unpaired) electrons. The number of aromatic nitrogens is 2. The lowest BCUT2D eigenvalue weighted by Gasteiger charge is -2.08. The van der Waals surface area contributed by atoms with Gasteiger partial charge in [-0.3, -0.25) is 15.5 Å². The van der Waals surface area contributed by atoms with Crippen LogP contribution in [0.1, 0.15) is 11.1 Å². The fourth-order valence-electron chi connectivity index (χ4n) is 2.92. The summed E-state index contributed by atoms with van der Waals surface area (Å²) in [5, 5.41) is 21.8. The molecule has 2 heterocycles. The van der Waals surface area contributed by atoms with Crippen molar-refractivity contribution in [3.63, 3.8) is 0 Å². The van der Waals surface area contributed by atoms with Gasteiger partial charge in [0.15, 0.2) is 0 Å². The van der Waals surface area contributed by atoms with Gasteiger partial charge >= 0.3 is 6.18 Å². The number of nitrogens with one attached hydrogen (secondary N) is 1. The molecule has 0 aliphatic rings. The molecule has 0 saturated heterocycles. The van der Waals surface area contributed by atoms with Crippen LogP contribution in [0.2, 0.25) is 0 Å². The van der Waals surface area contributed by atoms with Crippen LogP contribution in [0.15, 0.2) is 77.3 Å². The summed E-state index contributed by atoms with van der Waals surface area (Å²) >= 11 is 1.49. The van der Waals surface area contributed by atoms with E-state index in [-0.39, 0.29) is 5.69 Å². The number of alkyl halides is 3. The summed E-state index contributed by atoms with van der Waals surface area (Å²) in [5.41, 5.74) is 2.58. The Hall–Kier alpha value is -3.99. The second kappa shape index (κ2) is 8.63. The van der Waals surface area contributed by atoms with Gasteiger partial charge in [-0.15, -0.1) is 11.3 Å². The first-order valence-electron chi connectivity index (χ1n) is 9.16. The molecule has 0 aliphatic carbocycles. The Bertz CT molecular complexity index is 1270. The number of hydrazone groups is 1. The number of para-hydroxylation sites is 1. The van der Waals surface area contributed by atoms with Gasteiger partial charge in [0.25, 0.3) is 5.69 Å². The molecular weight excluding hydrogens is 443 g/mol. The van der Waals surface area contributed by atoms with Gasteiger partial charge in [0, 0.05) is 17.8 Å². The van der Waals surface area contributed by atoms with Crippen LogP contribution in [0.3, 0.4) is 0 Å². The van der Waals surface area contributed by atoms with Crippen LogP contribution in [0.4, 0.5) is 24.5 Å². The van der Waals surface area contributed by atoms with Crippen molar-refractivity contribution in [2.75, 3.05) is 5.43 Å². The van der Waals surface area contributed by atoms with Crippen LogP contribution in [-0.4, -0.2) is 20.9 Å². The molecule has 32 heavy (non-hydrogen) atoms. The lowest BCUT2D eigenvalue weighted by Crippen LogP contribution is -2.06. The molecule has 0 unspecified atom stereocenters. The highest BCUT2D eigenvalue weighted by Crippen LogP contribution is 2.35. The number of hydrogen-bond acceptors (Lipinski definition) is 6. The highest BCUT2D eigenvalue weighted by Gasteiger charge is 2.33. The molecule has 0 fully saturated rings. The topological polar surface area (TPSA) is 85.4 Å². The molecule has 1 N–H and O–H groups in total. The molecule has 0 atom stereocenters. The van der Waals surface area contributed by atoms with E-state index in [9.17, 15) is 23.3 Å². The van der Waals surface area contributed by atoms with Crippen LogP contribution < -0.4 is 5.43 Å². The third-order valence-corrected chi connectivity index (χ3v) is 5.30. The van der Waals surface area contributed by atoms with E-state index in [0.29, 0.717) is 17.3 Å². The first-order valence-corrected chi connectivity index (χ1v) is 10.0. The van der Waals surface area contributed by atoms with Gasteiger partial charge in [-0.1, -0.05) is 24.3 Å². The molecule has 0 saturated carbocycles. The van der Waals surface area contributed by atoms with Crippen molar-refractivity contribution in [1.29, 1.82) is 0 Å².